The standard InChI is InChI=1S/C11H21NO2S/c1-4-8(2)15-9-5-6-11(7-9,12-3)10(13)14/h8-9,12H,4-7H2,1-3H3,(H,13,14). The van der Waals surface area contributed by atoms with Crippen LogP contribution in [0.15, 0.2) is 0 Å². The second-order valence-electron chi connectivity index (χ2n) is 4.36. The first kappa shape index (κ1) is 12.8. The Balaban J connectivity index is 2.53. The zero-order valence-corrected chi connectivity index (χ0v) is 10.6. The van der Waals surface area contributed by atoms with Gasteiger partial charge in [-0.2, -0.15) is 11.8 Å². The molecule has 0 radical (unpaired) electrons. The van der Waals surface area contributed by atoms with Gasteiger partial charge in [-0.1, -0.05) is 13.8 Å². The molecule has 0 spiro atoms. The maximum atomic E-state index is 11.2. The largest absolute Gasteiger partial charge is 0.480 e. The molecule has 1 aliphatic rings. The lowest BCUT2D eigenvalue weighted by molar-refractivity contribution is -0.144. The van der Waals surface area contributed by atoms with Crippen molar-refractivity contribution in [1.29, 1.82) is 0 Å². The predicted molar refractivity (Wildman–Crippen MR) is 64.4 cm³/mol. The van der Waals surface area contributed by atoms with Gasteiger partial charge in [0, 0.05) is 10.5 Å². The minimum atomic E-state index is -0.697. The first-order valence-electron chi connectivity index (χ1n) is 5.62. The highest BCUT2D eigenvalue weighted by molar-refractivity contribution is 8.00. The van der Waals surface area contributed by atoms with E-state index in [0.29, 0.717) is 10.5 Å². The van der Waals surface area contributed by atoms with Gasteiger partial charge in [-0.15, -0.1) is 0 Å². The van der Waals surface area contributed by atoms with Gasteiger partial charge in [-0.05, 0) is 32.7 Å². The van der Waals surface area contributed by atoms with Gasteiger partial charge in [0.05, 0.1) is 0 Å². The van der Waals surface area contributed by atoms with Crippen molar-refractivity contribution < 1.29 is 9.90 Å². The molecule has 0 bridgehead atoms. The molecular formula is C11H21NO2S. The van der Waals surface area contributed by atoms with E-state index in [4.69, 9.17) is 0 Å². The molecule has 88 valence electrons. The fraction of sp³-hybridized carbons (Fsp3) is 0.909. The van der Waals surface area contributed by atoms with Gasteiger partial charge in [0.25, 0.3) is 0 Å². The number of likely N-dealkylation sites (N-methyl/N-ethyl adjacent to an activating group) is 1. The summed E-state index contributed by atoms with van der Waals surface area (Å²) in [5, 5.41) is 13.3. The van der Waals surface area contributed by atoms with E-state index in [2.05, 4.69) is 19.2 Å². The smallest absolute Gasteiger partial charge is 0.323 e. The second-order valence-corrected chi connectivity index (χ2v) is 6.10. The average Bonchev–Trinajstić information content (AvgIpc) is 2.62. The summed E-state index contributed by atoms with van der Waals surface area (Å²) in [6.45, 7) is 4.39. The van der Waals surface area contributed by atoms with Crippen molar-refractivity contribution in [2.45, 2.75) is 55.6 Å². The molecule has 3 nitrogen and oxygen atoms in total. The minimum absolute atomic E-state index is 0.503. The summed E-state index contributed by atoms with van der Waals surface area (Å²) in [7, 11) is 1.75. The van der Waals surface area contributed by atoms with Crippen molar-refractivity contribution in [2.24, 2.45) is 0 Å². The molecule has 4 heteroatoms. The summed E-state index contributed by atoms with van der Waals surface area (Å²) < 4.78 is 0. The molecule has 0 amide bonds. The van der Waals surface area contributed by atoms with E-state index in [0.717, 1.165) is 25.7 Å². The van der Waals surface area contributed by atoms with Crippen LogP contribution in [0.25, 0.3) is 0 Å². The number of carboxylic acid groups (broad SMARTS) is 1. The van der Waals surface area contributed by atoms with Gasteiger partial charge >= 0.3 is 5.97 Å². The van der Waals surface area contributed by atoms with Crippen molar-refractivity contribution in [1.82, 2.24) is 5.32 Å². The third-order valence-corrected chi connectivity index (χ3v) is 4.94. The molecule has 0 aromatic carbocycles. The highest BCUT2D eigenvalue weighted by atomic mass is 32.2. The number of carboxylic acids is 1. The number of carbonyl (C=O) groups is 1. The molecule has 3 unspecified atom stereocenters. The van der Waals surface area contributed by atoms with E-state index < -0.39 is 11.5 Å². The molecule has 15 heavy (non-hydrogen) atoms. The van der Waals surface area contributed by atoms with Gasteiger partial charge in [0.2, 0.25) is 0 Å². The topological polar surface area (TPSA) is 49.3 Å². The lowest BCUT2D eigenvalue weighted by Gasteiger charge is -2.24. The summed E-state index contributed by atoms with van der Waals surface area (Å²) in [6.07, 6.45) is 3.68. The van der Waals surface area contributed by atoms with Gasteiger partial charge in [0.15, 0.2) is 0 Å². The normalized spacial score (nSPS) is 32.9. The van der Waals surface area contributed by atoms with Crippen LogP contribution in [-0.2, 0) is 4.79 Å². The van der Waals surface area contributed by atoms with Crippen molar-refractivity contribution in [3.8, 4) is 0 Å². The second kappa shape index (κ2) is 5.21. The molecule has 0 saturated heterocycles. The summed E-state index contributed by atoms with van der Waals surface area (Å²) in [6, 6.07) is 0. The third kappa shape index (κ3) is 2.88. The van der Waals surface area contributed by atoms with Crippen LogP contribution in [0.4, 0.5) is 0 Å². The highest BCUT2D eigenvalue weighted by Gasteiger charge is 2.44. The monoisotopic (exact) mass is 231 g/mol. The molecule has 3 atom stereocenters. The number of thioether (sulfide) groups is 1. The fourth-order valence-corrected chi connectivity index (χ4v) is 3.55. The van der Waals surface area contributed by atoms with E-state index in [1.165, 1.54) is 0 Å². The van der Waals surface area contributed by atoms with E-state index in [9.17, 15) is 9.90 Å². The average molecular weight is 231 g/mol. The van der Waals surface area contributed by atoms with Gasteiger partial charge < -0.3 is 10.4 Å². The maximum absolute atomic E-state index is 11.2. The number of rotatable bonds is 5. The van der Waals surface area contributed by atoms with E-state index in [1.807, 2.05) is 11.8 Å². The lowest BCUT2D eigenvalue weighted by Crippen LogP contribution is -2.48. The maximum Gasteiger partial charge on any atom is 0.323 e. The summed E-state index contributed by atoms with van der Waals surface area (Å²) in [5.74, 6) is -0.697. The molecule has 0 aromatic rings. The first-order chi connectivity index (χ1) is 7.04. The van der Waals surface area contributed by atoms with Crippen molar-refractivity contribution in [3.05, 3.63) is 0 Å². The van der Waals surface area contributed by atoms with Crippen molar-refractivity contribution in [2.75, 3.05) is 7.05 Å². The Morgan fingerprint density at radius 2 is 2.40 bits per heavy atom. The summed E-state index contributed by atoms with van der Waals surface area (Å²) >= 11 is 1.94. The van der Waals surface area contributed by atoms with Crippen LogP contribution >= 0.6 is 11.8 Å². The van der Waals surface area contributed by atoms with Gasteiger partial charge in [-0.25, -0.2) is 0 Å². The SMILES string of the molecule is CCC(C)SC1CCC(NC)(C(=O)O)C1. The fourth-order valence-electron chi connectivity index (χ4n) is 2.07. The number of hydrogen-bond acceptors (Lipinski definition) is 3. The van der Waals surface area contributed by atoms with Crippen molar-refractivity contribution in [3.63, 3.8) is 0 Å². The molecule has 1 aliphatic carbocycles. The van der Waals surface area contributed by atoms with E-state index >= 15 is 0 Å². The quantitative estimate of drug-likeness (QED) is 0.761. The molecule has 0 aromatic heterocycles. The molecule has 0 aliphatic heterocycles. The van der Waals surface area contributed by atoms with Gasteiger partial charge in [0.1, 0.15) is 5.54 Å². The van der Waals surface area contributed by atoms with Crippen LogP contribution in [0, 0.1) is 0 Å². The molecular weight excluding hydrogens is 210 g/mol. The Kier molecular flexibility index (Phi) is 4.46. The van der Waals surface area contributed by atoms with Crippen LogP contribution in [0.2, 0.25) is 0 Å². The van der Waals surface area contributed by atoms with Crippen LogP contribution in [0.5, 0.6) is 0 Å². The van der Waals surface area contributed by atoms with Crippen LogP contribution in [-0.4, -0.2) is 34.2 Å². The Morgan fingerprint density at radius 3 is 2.80 bits per heavy atom. The number of nitrogens with one attached hydrogen (secondary N) is 1. The Bertz CT molecular complexity index is 235. The molecule has 0 heterocycles. The van der Waals surface area contributed by atoms with E-state index in [-0.39, 0.29) is 0 Å². The Labute approximate surface area is 96.0 Å². The molecule has 1 saturated carbocycles. The van der Waals surface area contributed by atoms with Crippen LogP contribution in [0.1, 0.15) is 39.5 Å². The summed E-state index contributed by atoms with van der Waals surface area (Å²) in [4.78, 5) is 11.2. The molecule has 2 N–H and O–H groups in total. The minimum Gasteiger partial charge on any atom is -0.480 e. The summed E-state index contributed by atoms with van der Waals surface area (Å²) in [5.41, 5.74) is -0.662. The van der Waals surface area contributed by atoms with Gasteiger partial charge in [-0.3, -0.25) is 4.79 Å². The first-order valence-corrected chi connectivity index (χ1v) is 6.56. The molecule has 1 rings (SSSR count). The third-order valence-electron chi connectivity index (χ3n) is 3.36. The zero-order chi connectivity index (χ0) is 11.5. The van der Waals surface area contributed by atoms with Crippen molar-refractivity contribution >= 4 is 17.7 Å². The van der Waals surface area contributed by atoms with Crippen LogP contribution in [0.3, 0.4) is 0 Å². The molecule has 1 fully saturated rings. The Morgan fingerprint density at radius 1 is 1.73 bits per heavy atom. The number of aliphatic carboxylic acids is 1. The van der Waals surface area contributed by atoms with Crippen LogP contribution < -0.4 is 5.32 Å². The Hall–Kier alpha value is -0.220. The highest BCUT2D eigenvalue weighted by Crippen LogP contribution is 2.39. The zero-order valence-electron chi connectivity index (χ0n) is 9.75. The number of hydrogen-bond donors (Lipinski definition) is 2. The lowest BCUT2D eigenvalue weighted by atomic mass is 9.99. The van der Waals surface area contributed by atoms with E-state index in [1.54, 1.807) is 7.05 Å². The predicted octanol–water partition coefficient (Wildman–Crippen LogP) is 2.11.